The van der Waals surface area contributed by atoms with E-state index in [9.17, 15) is 4.79 Å². The molecule has 1 amide bonds. The maximum atomic E-state index is 11.0. The third-order valence-electron chi connectivity index (χ3n) is 1.75. The highest BCUT2D eigenvalue weighted by atomic mass is 16.5. The molecule has 4 heteroatoms. The van der Waals surface area contributed by atoms with Gasteiger partial charge in [0.25, 0.3) is 5.91 Å². The van der Waals surface area contributed by atoms with Gasteiger partial charge in [-0.2, -0.15) is 0 Å². The summed E-state index contributed by atoms with van der Waals surface area (Å²) < 4.78 is 4.98. The number of primary amides is 1. The van der Waals surface area contributed by atoms with E-state index in [1.165, 1.54) is 7.11 Å². The van der Waals surface area contributed by atoms with Crippen molar-refractivity contribution in [2.45, 2.75) is 0 Å². The number of ether oxygens (including phenoxy) is 1. The molecule has 0 saturated heterocycles. The minimum atomic E-state index is -0.492. The molecule has 0 bridgehead atoms. The van der Waals surface area contributed by atoms with Gasteiger partial charge in [0.1, 0.15) is 5.75 Å². The first-order valence-electron chi connectivity index (χ1n) is 3.84. The van der Waals surface area contributed by atoms with Crippen molar-refractivity contribution in [1.82, 2.24) is 0 Å². The number of nitrogens with one attached hydrogen (secondary N) is 1. The Morgan fingerprint density at radius 3 is 2.69 bits per heavy atom. The maximum absolute atomic E-state index is 11.0. The summed E-state index contributed by atoms with van der Waals surface area (Å²) in [7, 11) is 3.27. The van der Waals surface area contributed by atoms with Crippen molar-refractivity contribution < 1.29 is 9.53 Å². The normalized spacial score (nSPS) is 9.38. The predicted octanol–water partition coefficient (Wildman–Crippen LogP) is 0.836. The number of carbonyl (C=O) groups is 1. The van der Waals surface area contributed by atoms with Crippen LogP contribution in [0, 0.1) is 0 Å². The molecule has 1 aromatic rings. The van der Waals surface area contributed by atoms with Gasteiger partial charge in [-0.25, -0.2) is 0 Å². The molecule has 0 aromatic heterocycles. The number of rotatable bonds is 3. The summed E-state index contributed by atoms with van der Waals surface area (Å²) in [6.07, 6.45) is 0. The van der Waals surface area contributed by atoms with Gasteiger partial charge >= 0.3 is 0 Å². The van der Waals surface area contributed by atoms with Crippen molar-refractivity contribution in [2.75, 3.05) is 19.5 Å². The van der Waals surface area contributed by atoms with Crippen LogP contribution in [-0.2, 0) is 0 Å². The van der Waals surface area contributed by atoms with Gasteiger partial charge in [0.15, 0.2) is 0 Å². The van der Waals surface area contributed by atoms with Gasteiger partial charge < -0.3 is 15.8 Å². The van der Waals surface area contributed by atoms with Crippen LogP contribution in [0.1, 0.15) is 10.4 Å². The molecule has 4 nitrogen and oxygen atoms in total. The average molecular weight is 180 g/mol. The molecule has 1 aromatic carbocycles. The molecule has 0 saturated carbocycles. The van der Waals surface area contributed by atoms with Crippen molar-refractivity contribution in [3.05, 3.63) is 23.8 Å². The largest absolute Gasteiger partial charge is 0.496 e. The topological polar surface area (TPSA) is 64.3 Å². The van der Waals surface area contributed by atoms with Crippen molar-refractivity contribution in [3.63, 3.8) is 0 Å². The Bertz CT molecular complexity index is 323. The van der Waals surface area contributed by atoms with E-state index in [0.717, 1.165) is 5.69 Å². The average Bonchev–Trinajstić information content (AvgIpc) is 2.16. The number of carbonyl (C=O) groups excluding carboxylic acids is 1. The molecule has 0 aliphatic carbocycles. The molecule has 0 aliphatic heterocycles. The third kappa shape index (κ3) is 1.90. The summed E-state index contributed by atoms with van der Waals surface area (Å²) in [6, 6.07) is 5.17. The second kappa shape index (κ2) is 3.80. The van der Waals surface area contributed by atoms with Crippen LogP contribution in [0.15, 0.2) is 18.2 Å². The van der Waals surface area contributed by atoms with Crippen molar-refractivity contribution in [2.24, 2.45) is 5.73 Å². The van der Waals surface area contributed by atoms with E-state index >= 15 is 0 Å². The van der Waals surface area contributed by atoms with E-state index in [0.29, 0.717) is 11.3 Å². The van der Waals surface area contributed by atoms with Crippen LogP contribution < -0.4 is 15.8 Å². The number of nitrogens with two attached hydrogens (primary N) is 1. The summed E-state index contributed by atoms with van der Waals surface area (Å²) in [5, 5.41) is 2.91. The predicted molar refractivity (Wildman–Crippen MR) is 51.1 cm³/mol. The Hall–Kier alpha value is -1.71. The summed E-state index contributed by atoms with van der Waals surface area (Å²) >= 11 is 0. The summed E-state index contributed by atoms with van der Waals surface area (Å²) in [6.45, 7) is 0. The minimum Gasteiger partial charge on any atom is -0.496 e. The van der Waals surface area contributed by atoms with E-state index < -0.39 is 5.91 Å². The molecular weight excluding hydrogens is 168 g/mol. The number of amides is 1. The van der Waals surface area contributed by atoms with Gasteiger partial charge in [-0.1, -0.05) is 0 Å². The fourth-order valence-corrected chi connectivity index (χ4v) is 1.06. The lowest BCUT2D eigenvalue weighted by Gasteiger charge is -2.07. The van der Waals surface area contributed by atoms with Gasteiger partial charge in [0, 0.05) is 12.7 Å². The zero-order valence-corrected chi connectivity index (χ0v) is 7.63. The van der Waals surface area contributed by atoms with Crippen LogP contribution in [0.2, 0.25) is 0 Å². The zero-order chi connectivity index (χ0) is 9.84. The fourth-order valence-electron chi connectivity index (χ4n) is 1.06. The summed E-state index contributed by atoms with van der Waals surface area (Å²) in [5.74, 6) is 0.000417. The first-order valence-corrected chi connectivity index (χ1v) is 3.84. The molecule has 0 heterocycles. The molecule has 0 fully saturated rings. The van der Waals surface area contributed by atoms with E-state index in [2.05, 4.69) is 5.32 Å². The Morgan fingerprint density at radius 2 is 2.23 bits per heavy atom. The van der Waals surface area contributed by atoms with Gasteiger partial charge in [-0.15, -0.1) is 0 Å². The molecule has 0 radical (unpaired) electrons. The summed E-state index contributed by atoms with van der Waals surface area (Å²) in [5.41, 5.74) is 6.38. The highest BCUT2D eigenvalue weighted by Crippen LogP contribution is 2.21. The number of benzene rings is 1. The summed E-state index contributed by atoms with van der Waals surface area (Å²) in [4.78, 5) is 11.0. The lowest BCUT2D eigenvalue weighted by atomic mass is 10.1. The van der Waals surface area contributed by atoms with E-state index in [4.69, 9.17) is 10.5 Å². The van der Waals surface area contributed by atoms with Crippen LogP contribution in [0.4, 0.5) is 5.69 Å². The fraction of sp³-hybridized carbons (Fsp3) is 0.222. The number of hydrogen-bond acceptors (Lipinski definition) is 3. The maximum Gasteiger partial charge on any atom is 0.252 e. The van der Waals surface area contributed by atoms with Crippen LogP contribution in [-0.4, -0.2) is 20.1 Å². The Labute approximate surface area is 76.7 Å². The number of methoxy groups -OCH3 is 1. The number of hydrogen-bond donors (Lipinski definition) is 2. The van der Waals surface area contributed by atoms with Gasteiger partial charge in [-0.05, 0) is 18.2 Å². The first kappa shape index (κ1) is 9.38. The second-order valence-electron chi connectivity index (χ2n) is 2.53. The van der Waals surface area contributed by atoms with Crippen molar-refractivity contribution >= 4 is 11.6 Å². The third-order valence-corrected chi connectivity index (χ3v) is 1.75. The van der Waals surface area contributed by atoms with Crippen LogP contribution in [0.3, 0.4) is 0 Å². The molecule has 13 heavy (non-hydrogen) atoms. The smallest absolute Gasteiger partial charge is 0.252 e. The quantitative estimate of drug-likeness (QED) is 0.724. The van der Waals surface area contributed by atoms with Gasteiger partial charge in [-0.3, -0.25) is 4.79 Å². The highest BCUT2D eigenvalue weighted by Gasteiger charge is 2.08. The molecule has 0 atom stereocenters. The van der Waals surface area contributed by atoms with E-state index in [1.54, 1.807) is 19.2 Å². The Morgan fingerprint density at radius 1 is 1.54 bits per heavy atom. The lowest BCUT2D eigenvalue weighted by molar-refractivity contribution is 0.0997. The molecule has 0 unspecified atom stereocenters. The molecule has 3 N–H and O–H groups in total. The zero-order valence-electron chi connectivity index (χ0n) is 7.63. The van der Waals surface area contributed by atoms with E-state index in [-0.39, 0.29) is 0 Å². The molecule has 1 rings (SSSR count). The Balaban J connectivity index is 3.18. The van der Waals surface area contributed by atoms with Crippen LogP contribution in [0.25, 0.3) is 0 Å². The molecule has 0 aliphatic rings. The van der Waals surface area contributed by atoms with Crippen LogP contribution in [0.5, 0.6) is 5.75 Å². The monoisotopic (exact) mass is 180 g/mol. The second-order valence-corrected chi connectivity index (χ2v) is 2.53. The molecule has 0 spiro atoms. The lowest BCUT2D eigenvalue weighted by Crippen LogP contribution is -2.12. The standard InChI is InChI=1S/C9H12N2O2/c1-11-6-3-4-8(13-2)7(5-6)9(10)12/h3-5,11H,1-2H3,(H2,10,12). The SMILES string of the molecule is CNc1ccc(OC)c(C(N)=O)c1. The van der Waals surface area contributed by atoms with Crippen molar-refractivity contribution in [1.29, 1.82) is 0 Å². The minimum absolute atomic E-state index is 0.384. The van der Waals surface area contributed by atoms with Gasteiger partial charge in [0.05, 0.1) is 12.7 Å². The van der Waals surface area contributed by atoms with Crippen molar-refractivity contribution in [3.8, 4) is 5.75 Å². The van der Waals surface area contributed by atoms with Gasteiger partial charge in [0.2, 0.25) is 0 Å². The molecular formula is C9H12N2O2. The first-order chi connectivity index (χ1) is 6.19. The van der Waals surface area contributed by atoms with Crippen LogP contribution >= 0.6 is 0 Å². The number of anilines is 1. The molecule has 70 valence electrons. The highest BCUT2D eigenvalue weighted by molar-refractivity contribution is 5.96. The Kier molecular flexibility index (Phi) is 2.74. The van der Waals surface area contributed by atoms with E-state index in [1.807, 2.05) is 6.07 Å².